The molecule has 0 N–H and O–H groups in total. The normalized spacial score (nSPS) is 16.8. The highest BCUT2D eigenvalue weighted by Gasteiger charge is 2.24. The molecule has 24 heavy (non-hydrogen) atoms. The minimum absolute atomic E-state index is 0.0262. The molecule has 0 amide bonds. The molecule has 0 aliphatic carbocycles. The number of hydrogen-bond acceptors (Lipinski definition) is 3. The Kier molecular flexibility index (Phi) is 4.79. The van der Waals surface area contributed by atoms with E-state index in [0.29, 0.717) is 12.2 Å². The van der Waals surface area contributed by atoms with Gasteiger partial charge in [0.15, 0.2) is 5.78 Å². The molecule has 2 aromatic rings. The van der Waals surface area contributed by atoms with Crippen LogP contribution in [0.25, 0.3) is 0 Å². The van der Waals surface area contributed by atoms with Gasteiger partial charge in [0, 0.05) is 11.1 Å². The van der Waals surface area contributed by atoms with Crippen molar-refractivity contribution in [3.63, 3.8) is 0 Å². The molecule has 4 heteroatoms. The first-order valence-corrected chi connectivity index (χ1v) is 8.84. The molecule has 3 rings (SSSR count). The van der Waals surface area contributed by atoms with Crippen molar-refractivity contribution < 1.29 is 14.3 Å². The van der Waals surface area contributed by atoms with E-state index < -0.39 is 0 Å². The van der Waals surface area contributed by atoms with E-state index in [1.54, 1.807) is 0 Å². The van der Waals surface area contributed by atoms with Crippen LogP contribution in [0, 0.1) is 0 Å². The van der Waals surface area contributed by atoms with E-state index in [4.69, 9.17) is 9.47 Å². The second kappa shape index (κ2) is 6.69. The molecule has 2 aromatic carbocycles. The molecular weight excluding hydrogens is 368 g/mol. The van der Waals surface area contributed by atoms with Crippen LogP contribution in [0.3, 0.4) is 0 Å². The van der Waals surface area contributed by atoms with Crippen molar-refractivity contribution in [2.75, 3.05) is 13.2 Å². The molecule has 1 unspecified atom stereocenters. The molecule has 0 spiro atoms. The molecule has 1 aliphatic rings. The van der Waals surface area contributed by atoms with Crippen molar-refractivity contribution in [3.05, 3.63) is 63.6 Å². The van der Waals surface area contributed by atoms with Gasteiger partial charge in [-0.1, -0.05) is 45.0 Å². The maximum atomic E-state index is 13.0. The number of benzene rings is 2. The van der Waals surface area contributed by atoms with E-state index in [0.717, 1.165) is 28.0 Å². The number of carbonyl (C=O) groups is 1. The Morgan fingerprint density at radius 1 is 1.25 bits per heavy atom. The van der Waals surface area contributed by atoms with Gasteiger partial charge < -0.3 is 9.47 Å². The third kappa shape index (κ3) is 3.87. The fourth-order valence-corrected chi connectivity index (χ4v) is 3.09. The van der Waals surface area contributed by atoms with E-state index in [2.05, 4.69) is 36.7 Å². The Bertz CT molecular complexity index is 758. The van der Waals surface area contributed by atoms with Gasteiger partial charge in [-0.2, -0.15) is 0 Å². The molecule has 1 fully saturated rings. The molecule has 1 aliphatic heterocycles. The maximum absolute atomic E-state index is 13.0. The van der Waals surface area contributed by atoms with E-state index in [1.165, 1.54) is 0 Å². The third-order valence-corrected chi connectivity index (χ3v) is 4.62. The summed E-state index contributed by atoms with van der Waals surface area (Å²) in [4.78, 5) is 13.0. The van der Waals surface area contributed by atoms with E-state index in [-0.39, 0.29) is 17.3 Å². The topological polar surface area (TPSA) is 38.8 Å². The van der Waals surface area contributed by atoms with Crippen molar-refractivity contribution in [2.24, 2.45) is 0 Å². The molecule has 126 valence electrons. The SMILES string of the molecule is CC(C)(C)c1ccccc1C(=O)c1ccc(OCC2CO2)c(Br)c1. The lowest BCUT2D eigenvalue weighted by molar-refractivity contribution is 0.103. The van der Waals surface area contributed by atoms with Crippen molar-refractivity contribution in [2.45, 2.75) is 32.3 Å². The summed E-state index contributed by atoms with van der Waals surface area (Å²) in [7, 11) is 0. The Hall–Kier alpha value is -1.65. The number of carbonyl (C=O) groups excluding carboxylic acids is 1. The van der Waals surface area contributed by atoms with Crippen LogP contribution < -0.4 is 4.74 Å². The fraction of sp³-hybridized carbons (Fsp3) is 0.350. The van der Waals surface area contributed by atoms with Gasteiger partial charge in [-0.3, -0.25) is 4.79 Å². The average molecular weight is 389 g/mol. The lowest BCUT2D eigenvalue weighted by Gasteiger charge is -2.22. The predicted octanol–water partition coefficient (Wildman–Crippen LogP) is 4.76. The Morgan fingerprint density at radius 3 is 2.58 bits per heavy atom. The fourth-order valence-electron chi connectivity index (χ4n) is 2.60. The number of halogens is 1. The molecule has 1 saturated heterocycles. The molecule has 0 saturated carbocycles. The van der Waals surface area contributed by atoms with Crippen molar-refractivity contribution in [1.82, 2.24) is 0 Å². The first-order valence-electron chi connectivity index (χ1n) is 8.04. The highest BCUT2D eigenvalue weighted by molar-refractivity contribution is 9.10. The molecule has 3 nitrogen and oxygen atoms in total. The summed E-state index contributed by atoms with van der Waals surface area (Å²) in [6.07, 6.45) is 0.205. The number of epoxide rings is 1. The summed E-state index contributed by atoms with van der Waals surface area (Å²) in [5.74, 6) is 0.754. The number of ketones is 1. The highest BCUT2D eigenvalue weighted by atomic mass is 79.9. The zero-order valence-corrected chi connectivity index (χ0v) is 15.7. The van der Waals surface area contributed by atoms with Crippen molar-refractivity contribution in [3.8, 4) is 5.75 Å². The molecule has 0 radical (unpaired) electrons. The Morgan fingerprint density at radius 2 is 1.96 bits per heavy atom. The smallest absolute Gasteiger partial charge is 0.193 e. The quantitative estimate of drug-likeness (QED) is 0.547. The van der Waals surface area contributed by atoms with Gasteiger partial charge in [0.25, 0.3) is 0 Å². The van der Waals surface area contributed by atoms with Gasteiger partial charge in [-0.05, 0) is 45.1 Å². The lowest BCUT2D eigenvalue weighted by atomic mass is 9.82. The summed E-state index contributed by atoms with van der Waals surface area (Å²) in [5, 5.41) is 0. The second-order valence-corrected chi connectivity index (χ2v) is 7.89. The van der Waals surface area contributed by atoms with E-state index in [9.17, 15) is 4.79 Å². The monoisotopic (exact) mass is 388 g/mol. The summed E-state index contributed by atoms with van der Waals surface area (Å²) in [6, 6.07) is 13.3. The van der Waals surface area contributed by atoms with Gasteiger partial charge in [-0.15, -0.1) is 0 Å². The summed E-state index contributed by atoms with van der Waals surface area (Å²) in [6.45, 7) is 7.65. The van der Waals surface area contributed by atoms with Crippen LogP contribution in [0.15, 0.2) is 46.9 Å². The van der Waals surface area contributed by atoms with E-state index >= 15 is 0 Å². The summed E-state index contributed by atoms with van der Waals surface area (Å²) < 4.78 is 11.6. The zero-order chi connectivity index (χ0) is 17.3. The van der Waals surface area contributed by atoms with Crippen LogP contribution >= 0.6 is 15.9 Å². The highest BCUT2D eigenvalue weighted by Crippen LogP contribution is 2.31. The maximum Gasteiger partial charge on any atom is 0.193 e. The molecule has 0 aromatic heterocycles. The largest absolute Gasteiger partial charge is 0.490 e. The van der Waals surface area contributed by atoms with Crippen molar-refractivity contribution >= 4 is 21.7 Å². The zero-order valence-electron chi connectivity index (χ0n) is 14.1. The molecule has 0 bridgehead atoms. The first-order chi connectivity index (χ1) is 11.4. The average Bonchev–Trinajstić information content (AvgIpc) is 3.36. The van der Waals surface area contributed by atoms with Crippen LogP contribution in [0.1, 0.15) is 42.3 Å². The summed E-state index contributed by atoms with van der Waals surface area (Å²) in [5.41, 5.74) is 2.36. The minimum Gasteiger partial charge on any atom is -0.490 e. The molecular formula is C20H21BrO3. The number of hydrogen-bond donors (Lipinski definition) is 0. The van der Waals surface area contributed by atoms with Gasteiger partial charge in [0.1, 0.15) is 18.5 Å². The predicted molar refractivity (Wildman–Crippen MR) is 98.0 cm³/mol. The van der Waals surface area contributed by atoms with Gasteiger partial charge in [0.2, 0.25) is 0 Å². The van der Waals surface area contributed by atoms with Crippen LogP contribution in [0.4, 0.5) is 0 Å². The Labute approximate surface area is 151 Å². The molecule has 1 heterocycles. The first kappa shape index (κ1) is 17.2. The van der Waals surface area contributed by atoms with E-state index in [1.807, 2.05) is 42.5 Å². The third-order valence-electron chi connectivity index (χ3n) is 4.00. The Balaban J connectivity index is 1.86. The van der Waals surface area contributed by atoms with Gasteiger partial charge in [0.05, 0.1) is 11.1 Å². The van der Waals surface area contributed by atoms with Crippen LogP contribution in [0.2, 0.25) is 0 Å². The molecule has 1 atom stereocenters. The number of rotatable bonds is 5. The van der Waals surface area contributed by atoms with Gasteiger partial charge >= 0.3 is 0 Å². The number of ether oxygens (including phenoxy) is 2. The van der Waals surface area contributed by atoms with Crippen LogP contribution in [0.5, 0.6) is 5.75 Å². The van der Waals surface area contributed by atoms with Gasteiger partial charge in [-0.25, -0.2) is 0 Å². The second-order valence-electron chi connectivity index (χ2n) is 7.04. The minimum atomic E-state index is -0.0865. The standard InChI is InChI=1S/C20H21BrO3/c1-20(2,3)16-7-5-4-6-15(16)19(22)13-8-9-18(17(21)10-13)24-12-14-11-23-14/h4-10,14H,11-12H2,1-3H3. The van der Waals surface area contributed by atoms with Crippen LogP contribution in [-0.4, -0.2) is 25.1 Å². The summed E-state index contributed by atoms with van der Waals surface area (Å²) >= 11 is 3.50. The van der Waals surface area contributed by atoms with Crippen LogP contribution in [-0.2, 0) is 10.2 Å². The lowest BCUT2D eigenvalue weighted by Crippen LogP contribution is -2.17. The van der Waals surface area contributed by atoms with Crippen molar-refractivity contribution in [1.29, 1.82) is 0 Å².